The van der Waals surface area contributed by atoms with Crippen molar-refractivity contribution in [3.05, 3.63) is 0 Å². The van der Waals surface area contributed by atoms with Gasteiger partial charge in [-0.25, -0.2) is 0 Å². The Morgan fingerprint density at radius 2 is 1.83 bits per heavy atom. The zero-order chi connectivity index (χ0) is 13.0. The summed E-state index contributed by atoms with van der Waals surface area (Å²) in [4.78, 5) is 22.6. The van der Waals surface area contributed by atoms with Crippen LogP contribution in [0.5, 0.6) is 0 Å². The molecule has 18 heavy (non-hydrogen) atoms. The van der Waals surface area contributed by atoms with Crippen LogP contribution in [0.2, 0.25) is 0 Å². The van der Waals surface area contributed by atoms with Crippen molar-refractivity contribution < 1.29 is 14.7 Å². The predicted molar refractivity (Wildman–Crippen MR) is 68.1 cm³/mol. The Balaban J connectivity index is 1.62. The Morgan fingerprint density at radius 3 is 2.39 bits per heavy atom. The molecule has 0 aromatic heterocycles. The molecule has 0 heterocycles. The van der Waals surface area contributed by atoms with Crippen molar-refractivity contribution in [1.82, 2.24) is 5.32 Å². The molecule has 1 amide bonds. The summed E-state index contributed by atoms with van der Waals surface area (Å²) in [5, 5.41) is 11.8. The Kier molecular flexibility index (Phi) is 4.25. The molecule has 4 nitrogen and oxygen atoms in total. The molecule has 2 fully saturated rings. The van der Waals surface area contributed by atoms with E-state index in [-0.39, 0.29) is 5.91 Å². The molecule has 2 rings (SSSR count). The lowest BCUT2D eigenvalue weighted by Crippen LogP contribution is -2.34. The van der Waals surface area contributed by atoms with Crippen molar-refractivity contribution in [2.75, 3.05) is 6.54 Å². The molecule has 0 aliphatic heterocycles. The number of aliphatic carboxylic acids is 1. The van der Waals surface area contributed by atoms with Gasteiger partial charge in [0.2, 0.25) is 5.91 Å². The van der Waals surface area contributed by atoms with Crippen molar-refractivity contribution in [3.63, 3.8) is 0 Å². The molecule has 2 N–H and O–H groups in total. The van der Waals surface area contributed by atoms with Gasteiger partial charge in [-0.3, -0.25) is 9.59 Å². The van der Waals surface area contributed by atoms with E-state index < -0.39 is 11.4 Å². The molecule has 0 spiro atoms. The minimum atomic E-state index is -0.768. The minimum Gasteiger partial charge on any atom is -0.481 e. The number of amides is 1. The van der Waals surface area contributed by atoms with Gasteiger partial charge in [-0.2, -0.15) is 0 Å². The highest BCUT2D eigenvalue weighted by Crippen LogP contribution is 2.45. The first-order valence-electron chi connectivity index (χ1n) is 7.12. The Labute approximate surface area is 108 Å². The van der Waals surface area contributed by atoms with Gasteiger partial charge in [0.05, 0.1) is 5.41 Å². The van der Waals surface area contributed by atoms with Crippen molar-refractivity contribution in [3.8, 4) is 0 Å². The van der Waals surface area contributed by atoms with Gasteiger partial charge in [-0.15, -0.1) is 0 Å². The third-order valence-electron chi connectivity index (χ3n) is 4.44. The highest BCUT2D eigenvalue weighted by atomic mass is 16.4. The number of carbonyl (C=O) groups is 2. The van der Waals surface area contributed by atoms with E-state index in [9.17, 15) is 9.59 Å². The average Bonchev–Trinajstić information content (AvgIpc) is 3.16. The van der Waals surface area contributed by atoms with E-state index in [1.807, 2.05) is 0 Å². The SMILES string of the molecule is O=C(CCC1CCCCC1)NCC1(C(=O)O)CC1. The van der Waals surface area contributed by atoms with Gasteiger partial charge >= 0.3 is 5.97 Å². The molecule has 102 valence electrons. The quantitative estimate of drug-likeness (QED) is 0.763. The average molecular weight is 253 g/mol. The predicted octanol–water partition coefficient (Wildman–Crippen LogP) is 2.33. The van der Waals surface area contributed by atoms with E-state index in [2.05, 4.69) is 5.32 Å². The van der Waals surface area contributed by atoms with Crippen LogP contribution in [0.4, 0.5) is 0 Å². The number of hydrogen-bond acceptors (Lipinski definition) is 2. The van der Waals surface area contributed by atoms with Crippen LogP contribution in [0.25, 0.3) is 0 Å². The molecule has 2 aliphatic carbocycles. The summed E-state index contributed by atoms with van der Waals surface area (Å²) in [5.41, 5.74) is -0.638. The van der Waals surface area contributed by atoms with Crippen molar-refractivity contribution >= 4 is 11.9 Å². The standard InChI is InChI=1S/C14H23NO3/c16-12(7-6-11-4-2-1-3-5-11)15-10-14(8-9-14)13(17)18/h11H,1-10H2,(H,15,16)(H,17,18). The van der Waals surface area contributed by atoms with Gasteiger partial charge in [-0.05, 0) is 25.2 Å². The summed E-state index contributed by atoms with van der Waals surface area (Å²) >= 11 is 0. The fourth-order valence-electron chi connectivity index (χ4n) is 2.78. The first-order valence-corrected chi connectivity index (χ1v) is 7.12. The molecule has 2 saturated carbocycles. The maximum absolute atomic E-state index is 11.7. The van der Waals surface area contributed by atoms with Gasteiger partial charge in [0.15, 0.2) is 0 Å². The summed E-state index contributed by atoms with van der Waals surface area (Å²) in [6, 6.07) is 0. The molecule has 0 atom stereocenters. The number of nitrogens with one attached hydrogen (secondary N) is 1. The maximum atomic E-state index is 11.7. The van der Waals surface area contributed by atoms with E-state index in [4.69, 9.17) is 5.11 Å². The van der Waals surface area contributed by atoms with Crippen LogP contribution in [-0.4, -0.2) is 23.5 Å². The normalized spacial score (nSPS) is 22.4. The molecule has 0 unspecified atom stereocenters. The molecule has 0 saturated heterocycles. The van der Waals surface area contributed by atoms with Crippen LogP contribution in [-0.2, 0) is 9.59 Å². The van der Waals surface area contributed by atoms with Crippen LogP contribution in [0.1, 0.15) is 57.8 Å². The highest BCUT2D eigenvalue weighted by Gasteiger charge is 2.50. The van der Waals surface area contributed by atoms with E-state index >= 15 is 0 Å². The minimum absolute atomic E-state index is 0.0214. The molecule has 0 aromatic carbocycles. The largest absolute Gasteiger partial charge is 0.481 e. The van der Waals surface area contributed by atoms with Crippen LogP contribution in [0.15, 0.2) is 0 Å². The molecule has 0 aromatic rings. The smallest absolute Gasteiger partial charge is 0.311 e. The first-order chi connectivity index (χ1) is 8.62. The van der Waals surface area contributed by atoms with Crippen molar-refractivity contribution in [1.29, 1.82) is 0 Å². The third-order valence-corrected chi connectivity index (χ3v) is 4.44. The highest BCUT2D eigenvalue weighted by molar-refractivity contribution is 5.80. The number of carbonyl (C=O) groups excluding carboxylic acids is 1. The number of carboxylic acid groups (broad SMARTS) is 1. The first kappa shape index (κ1) is 13.4. The van der Waals surface area contributed by atoms with Gasteiger partial charge < -0.3 is 10.4 Å². The summed E-state index contributed by atoms with van der Waals surface area (Å²) in [7, 11) is 0. The molecule has 4 heteroatoms. The topological polar surface area (TPSA) is 66.4 Å². The number of rotatable bonds is 6. The zero-order valence-electron chi connectivity index (χ0n) is 10.9. The molecular formula is C14H23NO3. The molecule has 0 bridgehead atoms. The molecule has 0 radical (unpaired) electrons. The van der Waals surface area contributed by atoms with Crippen LogP contribution in [0.3, 0.4) is 0 Å². The Morgan fingerprint density at radius 1 is 1.17 bits per heavy atom. The van der Waals surface area contributed by atoms with Gasteiger partial charge in [0.1, 0.15) is 0 Å². The van der Waals surface area contributed by atoms with Crippen LogP contribution >= 0.6 is 0 Å². The van der Waals surface area contributed by atoms with Gasteiger partial charge in [0, 0.05) is 13.0 Å². The molecular weight excluding hydrogens is 230 g/mol. The second-order valence-corrected chi connectivity index (χ2v) is 5.90. The van der Waals surface area contributed by atoms with Gasteiger partial charge in [-0.1, -0.05) is 32.1 Å². The lowest BCUT2D eigenvalue weighted by atomic mass is 9.86. The van der Waals surface area contributed by atoms with E-state index in [1.165, 1.54) is 32.1 Å². The van der Waals surface area contributed by atoms with Crippen molar-refractivity contribution in [2.24, 2.45) is 11.3 Å². The third kappa shape index (κ3) is 3.47. The summed E-state index contributed by atoms with van der Waals surface area (Å²) in [6.07, 6.45) is 9.37. The second-order valence-electron chi connectivity index (χ2n) is 5.90. The van der Waals surface area contributed by atoms with Crippen molar-refractivity contribution in [2.45, 2.75) is 57.8 Å². The maximum Gasteiger partial charge on any atom is 0.311 e. The van der Waals surface area contributed by atoms with E-state index in [0.29, 0.717) is 31.7 Å². The second kappa shape index (κ2) is 5.72. The lowest BCUT2D eigenvalue weighted by molar-refractivity contribution is -0.143. The van der Waals surface area contributed by atoms with Gasteiger partial charge in [0.25, 0.3) is 0 Å². The molecule has 2 aliphatic rings. The fraction of sp³-hybridized carbons (Fsp3) is 0.857. The fourth-order valence-corrected chi connectivity index (χ4v) is 2.78. The monoisotopic (exact) mass is 253 g/mol. The van der Waals surface area contributed by atoms with Crippen LogP contribution in [0, 0.1) is 11.3 Å². The number of carboxylic acids is 1. The van der Waals surface area contributed by atoms with E-state index in [0.717, 1.165) is 6.42 Å². The Hall–Kier alpha value is -1.06. The zero-order valence-corrected chi connectivity index (χ0v) is 10.9. The van der Waals surface area contributed by atoms with E-state index in [1.54, 1.807) is 0 Å². The summed E-state index contributed by atoms with van der Waals surface area (Å²) in [5.74, 6) is -0.0398. The summed E-state index contributed by atoms with van der Waals surface area (Å²) < 4.78 is 0. The lowest BCUT2D eigenvalue weighted by Gasteiger charge is -2.21. The van der Waals surface area contributed by atoms with Crippen LogP contribution < -0.4 is 5.32 Å². The number of hydrogen-bond donors (Lipinski definition) is 2. The summed E-state index contributed by atoms with van der Waals surface area (Å²) in [6.45, 7) is 0.311. The Bertz CT molecular complexity index is 317.